The number of hydrogen-bond acceptors (Lipinski definition) is 3. The second-order valence-electron chi connectivity index (χ2n) is 5.48. The van der Waals surface area contributed by atoms with Gasteiger partial charge in [-0.1, -0.05) is 12.1 Å². The molecule has 2 aromatic carbocycles. The summed E-state index contributed by atoms with van der Waals surface area (Å²) in [6, 6.07) is 15.5. The molecule has 0 bridgehead atoms. The number of nitrogens with zero attached hydrogens (tertiary/aromatic N) is 1. The highest BCUT2D eigenvalue weighted by Gasteiger charge is 2.06. The van der Waals surface area contributed by atoms with E-state index in [-0.39, 0.29) is 5.91 Å². The lowest BCUT2D eigenvalue weighted by molar-refractivity contribution is 0.0951. The first kappa shape index (κ1) is 17.9. The summed E-state index contributed by atoms with van der Waals surface area (Å²) in [5, 5.41) is 2.95. The largest absolute Gasteiger partial charge is 0.494 e. The first-order valence-corrected chi connectivity index (χ1v) is 8.52. The molecule has 0 unspecified atom stereocenters. The van der Waals surface area contributed by atoms with Crippen LogP contribution in [0, 0.1) is 0 Å². The Kier molecular flexibility index (Phi) is 6.67. The number of carbonyl (C=O) groups excluding carboxylic acids is 1. The average molecular weight is 326 g/mol. The van der Waals surface area contributed by atoms with Crippen molar-refractivity contribution in [2.75, 3.05) is 24.6 Å². The Morgan fingerprint density at radius 3 is 2.12 bits per heavy atom. The third kappa shape index (κ3) is 4.75. The molecule has 0 aliphatic rings. The third-order valence-electron chi connectivity index (χ3n) is 3.95. The van der Waals surface area contributed by atoms with Crippen molar-refractivity contribution in [1.29, 1.82) is 0 Å². The van der Waals surface area contributed by atoms with E-state index in [4.69, 9.17) is 4.74 Å². The average Bonchev–Trinajstić information content (AvgIpc) is 2.63. The van der Waals surface area contributed by atoms with Crippen molar-refractivity contribution in [2.24, 2.45) is 0 Å². The van der Waals surface area contributed by atoms with E-state index in [9.17, 15) is 4.79 Å². The van der Waals surface area contributed by atoms with E-state index in [0.717, 1.165) is 24.4 Å². The summed E-state index contributed by atoms with van der Waals surface area (Å²) in [5.74, 6) is 0.701. The van der Waals surface area contributed by atoms with Crippen LogP contribution in [0.5, 0.6) is 5.75 Å². The standard InChI is InChI=1S/C20H26N2O2/c1-4-22(5-2)18-11-7-16(8-12-18)15-21-20(23)17-9-13-19(14-10-17)24-6-3/h7-14H,4-6,15H2,1-3H3,(H,21,23). The van der Waals surface area contributed by atoms with Gasteiger partial charge in [-0.2, -0.15) is 0 Å². The van der Waals surface area contributed by atoms with Crippen molar-refractivity contribution in [2.45, 2.75) is 27.3 Å². The van der Waals surface area contributed by atoms with Crippen LogP contribution in [0.25, 0.3) is 0 Å². The van der Waals surface area contributed by atoms with Crippen LogP contribution in [0.4, 0.5) is 5.69 Å². The number of amides is 1. The van der Waals surface area contributed by atoms with Gasteiger partial charge in [0.2, 0.25) is 0 Å². The zero-order valence-corrected chi connectivity index (χ0v) is 14.7. The molecule has 0 saturated carbocycles. The lowest BCUT2D eigenvalue weighted by Crippen LogP contribution is -2.23. The van der Waals surface area contributed by atoms with Crippen molar-refractivity contribution in [3.8, 4) is 5.75 Å². The van der Waals surface area contributed by atoms with Gasteiger partial charge in [-0.3, -0.25) is 4.79 Å². The summed E-state index contributed by atoms with van der Waals surface area (Å²) < 4.78 is 5.38. The normalized spacial score (nSPS) is 10.3. The Balaban J connectivity index is 1.91. The third-order valence-corrected chi connectivity index (χ3v) is 3.95. The molecule has 0 aromatic heterocycles. The van der Waals surface area contributed by atoms with Gasteiger partial charge in [-0.05, 0) is 62.7 Å². The van der Waals surface area contributed by atoms with Crippen LogP contribution in [-0.4, -0.2) is 25.6 Å². The molecule has 2 aromatic rings. The highest BCUT2D eigenvalue weighted by atomic mass is 16.5. The zero-order chi connectivity index (χ0) is 17.4. The number of benzene rings is 2. The van der Waals surface area contributed by atoms with E-state index in [1.54, 1.807) is 12.1 Å². The molecular formula is C20H26N2O2. The predicted octanol–water partition coefficient (Wildman–Crippen LogP) is 3.86. The van der Waals surface area contributed by atoms with Gasteiger partial charge < -0.3 is 15.0 Å². The van der Waals surface area contributed by atoms with Gasteiger partial charge in [0.05, 0.1) is 6.61 Å². The zero-order valence-electron chi connectivity index (χ0n) is 14.7. The Hall–Kier alpha value is -2.49. The van der Waals surface area contributed by atoms with E-state index in [1.165, 1.54) is 5.69 Å². The summed E-state index contributed by atoms with van der Waals surface area (Å²) in [6.45, 7) is 9.35. The Labute approximate surface area is 144 Å². The Bertz CT molecular complexity index is 632. The Morgan fingerprint density at radius 2 is 1.58 bits per heavy atom. The molecule has 1 N–H and O–H groups in total. The fraction of sp³-hybridized carbons (Fsp3) is 0.350. The fourth-order valence-corrected chi connectivity index (χ4v) is 2.57. The molecule has 24 heavy (non-hydrogen) atoms. The molecule has 1 amide bonds. The van der Waals surface area contributed by atoms with Crippen molar-refractivity contribution in [3.63, 3.8) is 0 Å². The van der Waals surface area contributed by atoms with Crippen LogP contribution >= 0.6 is 0 Å². The van der Waals surface area contributed by atoms with Crippen molar-refractivity contribution < 1.29 is 9.53 Å². The number of carbonyl (C=O) groups is 1. The fourth-order valence-electron chi connectivity index (χ4n) is 2.57. The molecule has 0 aliphatic carbocycles. The maximum Gasteiger partial charge on any atom is 0.251 e. The second kappa shape index (κ2) is 8.96. The van der Waals surface area contributed by atoms with Gasteiger partial charge in [0.1, 0.15) is 5.75 Å². The molecule has 0 heterocycles. The molecule has 128 valence electrons. The van der Waals surface area contributed by atoms with Crippen LogP contribution in [0.15, 0.2) is 48.5 Å². The quantitative estimate of drug-likeness (QED) is 0.801. The predicted molar refractivity (Wildman–Crippen MR) is 98.8 cm³/mol. The summed E-state index contributed by atoms with van der Waals surface area (Å²) in [6.07, 6.45) is 0. The van der Waals surface area contributed by atoms with Crippen LogP contribution in [0.1, 0.15) is 36.7 Å². The second-order valence-corrected chi connectivity index (χ2v) is 5.48. The molecule has 4 heteroatoms. The smallest absolute Gasteiger partial charge is 0.251 e. The molecule has 0 fully saturated rings. The van der Waals surface area contributed by atoms with Crippen LogP contribution in [0.2, 0.25) is 0 Å². The van der Waals surface area contributed by atoms with Gasteiger partial charge in [0.15, 0.2) is 0 Å². The summed E-state index contributed by atoms with van der Waals surface area (Å²) in [7, 11) is 0. The van der Waals surface area contributed by atoms with E-state index in [1.807, 2.05) is 19.1 Å². The number of ether oxygens (including phenoxy) is 1. The highest BCUT2D eigenvalue weighted by Crippen LogP contribution is 2.15. The van der Waals surface area contributed by atoms with E-state index in [2.05, 4.69) is 48.3 Å². The number of anilines is 1. The SMILES string of the molecule is CCOc1ccc(C(=O)NCc2ccc(N(CC)CC)cc2)cc1. The van der Waals surface area contributed by atoms with Gasteiger partial charge in [-0.25, -0.2) is 0 Å². The van der Waals surface area contributed by atoms with Gasteiger partial charge in [0.25, 0.3) is 5.91 Å². The molecule has 0 saturated heterocycles. The first-order valence-electron chi connectivity index (χ1n) is 8.52. The Morgan fingerprint density at radius 1 is 0.958 bits per heavy atom. The number of rotatable bonds is 8. The molecular weight excluding hydrogens is 300 g/mol. The maximum absolute atomic E-state index is 12.2. The monoisotopic (exact) mass is 326 g/mol. The van der Waals surface area contributed by atoms with Crippen LogP contribution in [0.3, 0.4) is 0 Å². The molecule has 0 radical (unpaired) electrons. The van der Waals surface area contributed by atoms with E-state index < -0.39 is 0 Å². The minimum Gasteiger partial charge on any atom is -0.494 e. The molecule has 0 aliphatic heterocycles. The van der Waals surface area contributed by atoms with Crippen molar-refractivity contribution >= 4 is 11.6 Å². The van der Waals surface area contributed by atoms with Gasteiger partial charge in [-0.15, -0.1) is 0 Å². The summed E-state index contributed by atoms with van der Waals surface area (Å²) in [5.41, 5.74) is 2.94. The first-order chi connectivity index (χ1) is 11.7. The molecule has 2 rings (SSSR count). The van der Waals surface area contributed by atoms with Crippen molar-refractivity contribution in [1.82, 2.24) is 5.32 Å². The van der Waals surface area contributed by atoms with Crippen molar-refractivity contribution in [3.05, 3.63) is 59.7 Å². The topological polar surface area (TPSA) is 41.6 Å². The van der Waals surface area contributed by atoms with Gasteiger partial charge in [0, 0.05) is 30.9 Å². The van der Waals surface area contributed by atoms with Crippen LogP contribution < -0.4 is 15.0 Å². The lowest BCUT2D eigenvalue weighted by Gasteiger charge is -2.21. The minimum atomic E-state index is -0.0779. The van der Waals surface area contributed by atoms with Gasteiger partial charge >= 0.3 is 0 Å². The van der Waals surface area contributed by atoms with E-state index >= 15 is 0 Å². The number of hydrogen-bond donors (Lipinski definition) is 1. The minimum absolute atomic E-state index is 0.0779. The molecule has 0 atom stereocenters. The summed E-state index contributed by atoms with van der Waals surface area (Å²) >= 11 is 0. The lowest BCUT2D eigenvalue weighted by atomic mass is 10.1. The summed E-state index contributed by atoms with van der Waals surface area (Å²) in [4.78, 5) is 14.5. The van der Waals surface area contributed by atoms with Crippen LogP contribution in [-0.2, 0) is 6.54 Å². The van der Waals surface area contributed by atoms with E-state index in [0.29, 0.717) is 18.7 Å². The molecule has 0 spiro atoms. The maximum atomic E-state index is 12.2. The number of nitrogens with one attached hydrogen (secondary N) is 1. The highest BCUT2D eigenvalue weighted by molar-refractivity contribution is 5.94. The molecule has 4 nitrogen and oxygen atoms in total.